The van der Waals surface area contributed by atoms with Crippen molar-refractivity contribution in [2.24, 2.45) is 5.92 Å². The van der Waals surface area contributed by atoms with Crippen LogP contribution in [0, 0.1) is 28.6 Å². The van der Waals surface area contributed by atoms with Crippen LogP contribution in [-0.4, -0.2) is 19.4 Å². The lowest BCUT2D eigenvalue weighted by Gasteiger charge is -2.27. The highest BCUT2D eigenvalue weighted by Gasteiger charge is 2.22. The van der Waals surface area contributed by atoms with Crippen LogP contribution in [0.3, 0.4) is 0 Å². The number of nitriles is 2. The molecule has 0 aromatic heterocycles. The molecule has 0 bridgehead atoms. The zero-order chi connectivity index (χ0) is 19.3. The number of hydrogen-bond donors (Lipinski definition) is 0. The van der Waals surface area contributed by atoms with Crippen LogP contribution in [0.15, 0.2) is 30.3 Å². The molecule has 1 aliphatic rings. The van der Waals surface area contributed by atoms with Crippen molar-refractivity contribution >= 4 is 7.60 Å². The molecule has 1 fully saturated rings. The van der Waals surface area contributed by atoms with Crippen molar-refractivity contribution in [3.63, 3.8) is 0 Å². The van der Waals surface area contributed by atoms with Gasteiger partial charge < -0.3 is 9.05 Å². The predicted octanol–water partition coefficient (Wildman–Crippen LogP) is 5.65. The van der Waals surface area contributed by atoms with Crippen LogP contribution >= 0.6 is 7.60 Å². The summed E-state index contributed by atoms with van der Waals surface area (Å²) >= 11 is 0. The lowest BCUT2D eigenvalue weighted by molar-refractivity contribution is 0.223. The Bertz CT molecular complexity index is 619. The molecule has 0 spiro atoms. The van der Waals surface area contributed by atoms with Crippen molar-refractivity contribution in [2.45, 2.75) is 51.9 Å². The monoisotopic (exact) mass is 376 g/mol. The molecule has 1 aromatic carbocycles. The molecule has 0 heterocycles. The summed E-state index contributed by atoms with van der Waals surface area (Å²) in [6.45, 7) is 4.03. The van der Waals surface area contributed by atoms with Crippen LogP contribution < -0.4 is 0 Å². The van der Waals surface area contributed by atoms with Crippen LogP contribution in [0.25, 0.3) is 0 Å². The van der Waals surface area contributed by atoms with E-state index >= 15 is 0 Å². The van der Waals surface area contributed by atoms with Gasteiger partial charge in [0.25, 0.3) is 0 Å². The molecular formula is C20H29N2O3P. The Morgan fingerprint density at radius 2 is 1.58 bits per heavy atom. The Morgan fingerprint density at radius 3 is 2.04 bits per heavy atom. The van der Waals surface area contributed by atoms with Gasteiger partial charge in [-0.3, -0.25) is 4.57 Å². The van der Waals surface area contributed by atoms with Crippen LogP contribution in [0.1, 0.15) is 57.4 Å². The molecule has 0 atom stereocenters. The second-order valence-corrected chi connectivity index (χ2v) is 8.31. The van der Waals surface area contributed by atoms with Crippen molar-refractivity contribution in [1.29, 1.82) is 10.5 Å². The lowest BCUT2D eigenvalue weighted by atomic mass is 9.78. The average molecular weight is 376 g/mol. The summed E-state index contributed by atoms with van der Waals surface area (Å²) in [5.74, 6) is 1.40. The molecular weight excluding hydrogens is 347 g/mol. The van der Waals surface area contributed by atoms with Crippen molar-refractivity contribution in [3.8, 4) is 12.1 Å². The van der Waals surface area contributed by atoms with Gasteiger partial charge in [-0.2, -0.15) is 10.5 Å². The number of nitrogens with zero attached hydrogens (tertiary/aromatic N) is 2. The molecule has 1 saturated carbocycles. The van der Waals surface area contributed by atoms with Crippen LogP contribution in [0.2, 0.25) is 0 Å². The first-order valence-electron chi connectivity index (χ1n) is 9.25. The molecule has 26 heavy (non-hydrogen) atoms. The van der Waals surface area contributed by atoms with E-state index in [9.17, 15) is 4.57 Å². The number of benzene rings is 1. The molecule has 0 N–H and O–H groups in total. The minimum atomic E-state index is -3.08. The molecule has 0 amide bonds. The summed E-state index contributed by atoms with van der Waals surface area (Å²) in [5.41, 5.74) is 1.48. The summed E-state index contributed by atoms with van der Waals surface area (Å²) < 4.78 is 21.0. The van der Waals surface area contributed by atoms with Gasteiger partial charge in [0.2, 0.25) is 0 Å². The summed E-state index contributed by atoms with van der Waals surface area (Å²) in [7, 11) is -3.08. The van der Waals surface area contributed by atoms with Gasteiger partial charge in [-0.1, -0.05) is 30.3 Å². The third-order valence-electron chi connectivity index (χ3n) is 4.41. The molecule has 0 unspecified atom stereocenters. The van der Waals surface area contributed by atoms with Crippen LogP contribution in [0.5, 0.6) is 0 Å². The maximum Gasteiger partial charge on any atom is 0.344 e. The highest BCUT2D eigenvalue weighted by molar-refractivity contribution is 7.54. The highest BCUT2D eigenvalue weighted by atomic mass is 31.2. The summed E-state index contributed by atoms with van der Waals surface area (Å²) in [5, 5.41) is 16.9. The first-order valence-corrected chi connectivity index (χ1v) is 11.0. The smallest absolute Gasteiger partial charge is 0.308 e. The van der Waals surface area contributed by atoms with Crippen LogP contribution in [0.4, 0.5) is 0 Å². The molecule has 1 aromatic rings. The summed E-state index contributed by atoms with van der Waals surface area (Å²) in [6.07, 6.45) is 5.56. The number of rotatable bonds is 7. The van der Waals surface area contributed by atoms with E-state index in [2.05, 4.69) is 36.4 Å². The van der Waals surface area contributed by atoms with Gasteiger partial charge in [0, 0.05) is 6.42 Å². The van der Waals surface area contributed by atoms with Gasteiger partial charge in [-0.25, -0.2) is 0 Å². The normalized spacial score (nSPS) is 19.5. The first kappa shape index (κ1) is 22.4. The van der Waals surface area contributed by atoms with E-state index in [-0.39, 0.29) is 6.16 Å². The minimum Gasteiger partial charge on any atom is -0.308 e. The molecule has 6 heteroatoms. The van der Waals surface area contributed by atoms with Gasteiger partial charge in [0.1, 0.15) is 6.16 Å². The molecule has 2 rings (SSSR count). The molecule has 1 aliphatic carbocycles. The second-order valence-electron chi connectivity index (χ2n) is 6.25. The molecule has 0 radical (unpaired) electrons. The summed E-state index contributed by atoms with van der Waals surface area (Å²) in [4.78, 5) is 0. The minimum absolute atomic E-state index is 0.172. The zero-order valence-electron chi connectivity index (χ0n) is 15.8. The Hall–Kier alpha value is -1.65. The highest BCUT2D eigenvalue weighted by Crippen LogP contribution is 2.47. The fourth-order valence-corrected chi connectivity index (χ4v) is 4.38. The van der Waals surface area contributed by atoms with Gasteiger partial charge in [0.05, 0.1) is 25.4 Å². The second kappa shape index (κ2) is 12.7. The van der Waals surface area contributed by atoms with Crippen molar-refractivity contribution in [1.82, 2.24) is 0 Å². The summed E-state index contributed by atoms with van der Waals surface area (Å²) in [6, 6.07) is 14.8. The topological polar surface area (TPSA) is 83.1 Å². The van der Waals surface area contributed by atoms with Crippen molar-refractivity contribution in [3.05, 3.63) is 35.9 Å². The Labute approximate surface area is 157 Å². The van der Waals surface area contributed by atoms with Crippen LogP contribution in [-0.2, 0) is 13.6 Å². The Morgan fingerprint density at radius 1 is 1.00 bits per heavy atom. The van der Waals surface area contributed by atoms with Gasteiger partial charge in [-0.15, -0.1) is 0 Å². The predicted molar refractivity (Wildman–Crippen MR) is 103 cm³/mol. The number of hydrogen-bond acceptors (Lipinski definition) is 5. The molecule has 142 valence electrons. The zero-order valence-corrected chi connectivity index (χ0v) is 16.7. The lowest BCUT2D eigenvalue weighted by Crippen LogP contribution is -2.12. The largest absolute Gasteiger partial charge is 0.344 e. The van der Waals surface area contributed by atoms with Crippen molar-refractivity contribution < 1.29 is 13.6 Å². The molecule has 5 nitrogen and oxygen atoms in total. The van der Waals surface area contributed by atoms with E-state index in [0.717, 1.165) is 12.3 Å². The van der Waals surface area contributed by atoms with Crippen molar-refractivity contribution in [2.75, 3.05) is 19.4 Å². The van der Waals surface area contributed by atoms with Gasteiger partial charge >= 0.3 is 7.60 Å². The maximum absolute atomic E-state index is 11.3. The fraction of sp³-hybridized carbons (Fsp3) is 0.600. The maximum atomic E-state index is 11.3. The van der Waals surface area contributed by atoms with E-state index in [4.69, 9.17) is 19.6 Å². The van der Waals surface area contributed by atoms with Gasteiger partial charge in [0.15, 0.2) is 0 Å². The average Bonchev–Trinajstić information content (AvgIpc) is 2.64. The Balaban J connectivity index is 0.000000276. The van der Waals surface area contributed by atoms with E-state index in [1.165, 1.54) is 31.2 Å². The van der Waals surface area contributed by atoms with E-state index in [1.807, 2.05) is 0 Å². The third-order valence-corrected chi connectivity index (χ3v) is 6.25. The SMILES string of the molecule is CCOP(=O)(CC#N)OCC.N#CCC1CCC(c2ccccc2)CC1. The molecule has 0 aliphatic heterocycles. The first-order chi connectivity index (χ1) is 12.6. The van der Waals surface area contributed by atoms with E-state index in [1.54, 1.807) is 19.9 Å². The van der Waals surface area contributed by atoms with Gasteiger partial charge in [-0.05, 0) is 56.9 Å². The van der Waals surface area contributed by atoms with E-state index in [0.29, 0.717) is 19.1 Å². The third kappa shape index (κ3) is 8.15. The fourth-order valence-electron chi connectivity index (χ4n) is 3.16. The molecule has 0 saturated heterocycles. The quantitative estimate of drug-likeness (QED) is 0.574. The van der Waals surface area contributed by atoms with E-state index < -0.39 is 7.60 Å². The Kier molecular flexibility index (Phi) is 10.9. The standard InChI is InChI=1S/C14H17N.C6H12NO3P/c15-11-10-12-6-8-14(9-7-12)13-4-2-1-3-5-13;1-3-9-11(8,6-5-7)10-4-2/h1-5,12,14H,6-10H2;3-4,6H2,1-2H3.